The van der Waals surface area contributed by atoms with Gasteiger partial charge in [0.1, 0.15) is 6.04 Å². The second-order valence-corrected chi connectivity index (χ2v) is 6.26. The Balaban J connectivity index is 2.08. The lowest BCUT2D eigenvalue weighted by Gasteiger charge is -2.36. The molecule has 3 unspecified atom stereocenters. The number of hydrogen-bond acceptors (Lipinski definition) is 2. The summed E-state index contributed by atoms with van der Waals surface area (Å²) < 4.78 is 0. The van der Waals surface area contributed by atoms with Crippen LogP contribution in [-0.2, 0) is 9.59 Å². The van der Waals surface area contributed by atoms with E-state index in [1.165, 1.54) is 0 Å². The first kappa shape index (κ1) is 12.4. The molecule has 96 valence electrons. The number of carbonyl (C=O) groups excluding carboxylic acids is 1. The Morgan fingerprint density at radius 2 is 1.94 bits per heavy atom. The molecule has 17 heavy (non-hydrogen) atoms. The van der Waals surface area contributed by atoms with E-state index < -0.39 is 12.0 Å². The highest BCUT2D eigenvalue weighted by Crippen LogP contribution is 2.52. The fourth-order valence-corrected chi connectivity index (χ4v) is 2.73. The van der Waals surface area contributed by atoms with E-state index in [-0.39, 0.29) is 17.2 Å². The highest BCUT2D eigenvalue weighted by Gasteiger charge is 2.53. The van der Waals surface area contributed by atoms with Crippen molar-refractivity contribution in [3.8, 4) is 0 Å². The van der Waals surface area contributed by atoms with Gasteiger partial charge >= 0.3 is 5.97 Å². The zero-order valence-corrected chi connectivity index (χ0v) is 10.8. The highest BCUT2D eigenvalue weighted by molar-refractivity contribution is 5.87. The number of carboxylic acids is 1. The van der Waals surface area contributed by atoms with Gasteiger partial charge in [0.15, 0.2) is 0 Å². The molecule has 2 aliphatic rings. The summed E-state index contributed by atoms with van der Waals surface area (Å²) in [6.45, 7) is 6.79. The number of carboxylic acid groups (broad SMARTS) is 1. The molecular weight excluding hydrogens is 218 g/mol. The van der Waals surface area contributed by atoms with Gasteiger partial charge in [-0.2, -0.15) is 0 Å². The summed E-state index contributed by atoms with van der Waals surface area (Å²) in [6.07, 6.45) is 2.40. The number of hydrogen-bond donors (Lipinski definition) is 1. The van der Waals surface area contributed by atoms with Crippen molar-refractivity contribution in [3.63, 3.8) is 0 Å². The summed E-state index contributed by atoms with van der Waals surface area (Å²) in [5.41, 5.74) is 0.0726. The molecule has 0 aromatic heterocycles. The van der Waals surface area contributed by atoms with Crippen molar-refractivity contribution >= 4 is 11.9 Å². The van der Waals surface area contributed by atoms with Crippen molar-refractivity contribution in [1.82, 2.24) is 4.90 Å². The summed E-state index contributed by atoms with van der Waals surface area (Å²) in [5, 5.41) is 9.21. The van der Waals surface area contributed by atoms with Crippen molar-refractivity contribution in [1.29, 1.82) is 0 Å². The molecule has 1 heterocycles. The summed E-state index contributed by atoms with van der Waals surface area (Å²) in [7, 11) is 0. The third kappa shape index (κ3) is 2.31. The molecule has 0 radical (unpaired) electrons. The number of piperidine rings is 1. The van der Waals surface area contributed by atoms with Crippen LogP contribution in [0.2, 0.25) is 0 Å². The van der Waals surface area contributed by atoms with Gasteiger partial charge in [0, 0.05) is 12.5 Å². The van der Waals surface area contributed by atoms with Crippen molar-refractivity contribution in [2.24, 2.45) is 17.3 Å². The Morgan fingerprint density at radius 3 is 2.41 bits per heavy atom. The molecule has 1 aliphatic carbocycles. The van der Waals surface area contributed by atoms with Crippen LogP contribution >= 0.6 is 0 Å². The molecule has 2 fully saturated rings. The largest absolute Gasteiger partial charge is 0.480 e. The molecule has 0 spiro atoms. The van der Waals surface area contributed by atoms with Crippen molar-refractivity contribution in [2.45, 2.75) is 46.1 Å². The predicted octanol–water partition coefficient (Wildman–Crippen LogP) is 1.74. The number of rotatable bonds is 2. The fraction of sp³-hybridized carbons (Fsp3) is 0.846. The summed E-state index contributed by atoms with van der Waals surface area (Å²) in [5.74, 6) is -0.372. The third-order valence-electron chi connectivity index (χ3n) is 4.24. The van der Waals surface area contributed by atoms with Gasteiger partial charge in [-0.15, -0.1) is 0 Å². The van der Waals surface area contributed by atoms with E-state index in [0.717, 1.165) is 12.8 Å². The van der Waals surface area contributed by atoms with Gasteiger partial charge in [0.2, 0.25) is 5.91 Å². The quantitative estimate of drug-likeness (QED) is 0.798. The second-order valence-electron chi connectivity index (χ2n) is 6.26. The third-order valence-corrected chi connectivity index (χ3v) is 4.24. The van der Waals surface area contributed by atoms with Crippen LogP contribution < -0.4 is 0 Å². The lowest BCUT2D eigenvalue weighted by Crippen LogP contribution is -2.50. The van der Waals surface area contributed by atoms with Gasteiger partial charge in [-0.05, 0) is 30.6 Å². The van der Waals surface area contributed by atoms with E-state index in [1.807, 2.05) is 0 Å². The maximum absolute atomic E-state index is 12.3. The van der Waals surface area contributed by atoms with E-state index in [2.05, 4.69) is 20.8 Å². The van der Waals surface area contributed by atoms with Gasteiger partial charge in [0.25, 0.3) is 0 Å². The van der Waals surface area contributed by atoms with Gasteiger partial charge in [0.05, 0.1) is 0 Å². The standard InChI is InChI=1S/C13H21NO3/c1-8-4-5-14(10(6-8)12(16)17)11(15)9-7-13(9,2)3/h8-10H,4-7H2,1-3H3,(H,16,17). The molecule has 1 aliphatic heterocycles. The molecular formula is C13H21NO3. The van der Waals surface area contributed by atoms with E-state index in [0.29, 0.717) is 18.9 Å². The Kier molecular flexibility index (Phi) is 2.92. The molecule has 1 saturated heterocycles. The highest BCUT2D eigenvalue weighted by atomic mass is 16.4. The zero-order chi connectivity index (χ0) is 12.8. The van der Waals surface area contributed by atoms with Crippen LogP contribution in [0.25, 0.3) is 0 Å². The van der Waals surface area contributed by atoms with Crippen LogP contribution in [-0.4, -0.2) is 34.5 Å². The smallest absolute Gasteiger partial charge is 0.326 e. The minimum absolute atomic E-state index is 0.0396. The SMILES string of the molecule is CC1CCN(C(=O)C2CC2(C)C)C(C(=O)O)C1. The van der Waals surface area contributed by atoms with Crippen LogP contribution in [0.1, 0.15) is 40.0 Å². The first-order chi connectivity index (χ1) is 7.83. The molecule has 1 saturated carbocycles. The van der Waals surface area contributed by atoms with Gasteiger partial charge in [-0.3, -0.25) is 4.79 Å². The van der Waals surface area contributed by atoms with Crippen LogP contribution in [0.15, 0.2) is 0 Å². The topological polar surface area (TPSA) is 57.6 Å². The predicted molar refractivity (Wildman–Crippen MR) is 63.4 cm³/mol. The maximum Gasteiger partial charge on any atom is 0.326 e. The molecule has 2 rings (SSSR count). The van der Waals surface area contributed by atoms with E-state index >= 15 is 0 Å². The number of carbonyl (C=O) groups is 2. The number of aliphatic carboxylic acids is 1. The molecule has 4 nitrogen and oxygen atoms in total. The lowest BCUT2D eigenvalue weighted by molar-refractivity contribution is -0.154. The number of likely N-dealkylation sites (tertiary alicyclic amines) is 1. The monoisotopic (exact) mass is 239 g/mol. The Hall–Kier alpha value is -1.06. The molecule has 0 bridgehead atoms. The average Bonchev–Trinajstić information content (AvgIpc) is 2.86. The van der Waals surface area contributed by atoms with Crippen LogP contribution in [0.5, 0.6) is 0 Å². The molecule has 4 heteroatoms. The molecule has 1 amide bonds. The van der Waals surface area contributed by atoms with Gasteiger partial charge < -0.3 is 10.0 Å². The van der Waals surface area contributed by atoms with Crippen molar-refractivity contribution < 1.29 is 14.7 Å². The van der Waals surface area contributed by atoms with E-state index in [4.69, 9.17) is 0 Å². The number of amides is 1. The average molecular weight is 239 g/mol. The lowest BCUT2D eigenvalue weighted by atomic mass is 9.91. The first-order valence-corrected chi connectivity index (χ1v) is 6.36. The van der Waals surface area contributed by atoms with Gasteiger partial charge in [-0.25, -0.2) is 4.79 Å². The minimum atomic E-state index is -0.858. The van der Waals surface area contributed by atoms with Crippen molar-refractivity contribution in [2.75, 3.05) is 6.54 Å². The van der Waals surface area contributed by atoms with Gasteiger partial charge in [-0.1, -0.05) is 20.8 Å². The normalized spacial score (nSPS) is 35.5. The van der Waals surface area contributed by atoms with Crippen LogP contribution in [0.4, 0.5) is 0 Å². The Morgan fingerprint density at radius 1 is 1.35 bits per heavy atom. The van der Waals surface area contributed by atoms with E-state index in [1.54, 1.807) is 4.90 Å². The minimum Gasteiger partial charge on any atom is -0.480 e. The maximum atomic E-state index is 12.3. The Bertz CT molecular complexity index is 351. The molecule has 1 N–H and O–H groups in total. The summed E-state index contributed by atoms with van der Waals surface area (Å²) >= 11 is 0. The molecule has 0 aromatic rings. The van der Waals surface area contributed by atoms with E-state index in [9.17, 15) is 14.7 Å². The van der Waals surface area contributed by atoms with Crippen molar-refractivity contribution in [3.05, 3.63) is 0 Å². The van der Waals surface area contributed by atoms with Crippen LogP contribution in [0.3, 0.4) is 0 Å². The molecule has 3 atom stereocenters. The fourth-order valence-electron chi connectivity index (χ4n) is 2.73. The first-order valence-electron chi connectivity index (χ1n) is 6.36. The Labute approximate surface area is 102 Å². The number of nitrogens with zero attached hydrogens (tertiary/aromatic N) is 1. The molecule has 0 aromatic carbocycles. The van der Waals surface area contributed by atoms with Crippen LogP contribution in [0, 0.1) is 17.3 Å². The zero-order valence-electron chi connectivity index (χ0n) is 10.8. The summed E-state index contributed by atoms with van der Waals surface area (Å²) in [6, 6.07) is -0.609. The summed E-state index contributed by atoms with van der Waals surface area (Å²) in [4.78, 5) is 25.1. The second kappa shape index (κ2) is 4.00.